The minimum atomic E-state index is 0. The molecule has 19 heavy (non-hydrogen) atoms. The number of carbonyl (C=O) groups is 1. The van der Waals surface area contributed by atoms with Gasteiger partial charge in [-0.05, 0) is 45.3 Å². The first kappa shape index (κ1) is 18.6. The molecule has 0 saturated carbocycles. The van der Waals surface area contributed by atoms with E-state index in [1.807, 2.05) is 7.05 Å². The first-order valence-electron chi connectivity index (χ1n) is 6.87. The molecule has 1 aliphatic heterocycles. The van der Waals surface area contributed by atoms with Crippen molar-refractivity contribution >= 4 is 18.3 Å². The maximum atomic E-state index is 11.7. The molecule has 1 rings (SSSR count). The van der Waals surface area contributed by atoms with Gasteiger partial charge in [-0.3, -0.25) is 9.69 Å². The van der Waals surface area contributed by atoms with Crippen molar-refractivity contribution < 1.29 is 9.53 Å². The van der Waals surface area contributed by atoms with Gasteiger partial charge in [-0.25, -0.2) is 0 Å². The van der Waals surface area contributed by atoms with Crippen LogP contribution in [0.5, 0.6) is 0 Å². The second kappa shape index (κ2) is 11.5. The van der Waals surface area contributed by atoms with E-state index in [2.05, 4.69) is 15.5 Å². The molecule has 1 saturated heterocycles. The van der Waals surface area contributed by atoms with Gasteiger partial charge in [0, 0.05) is 26.8 Å². The fourth-order valence-electron chi connectivity index (χ4n) is 2.31. The number of methoxy groups -OCH3 is 1. The Labute approximate surface area is 122 Å². The zero-order valence-corrected chi connectivity index (χ0v) is 12.9. The van der Waals surface area contributed by atoms with Crippen LogP contribution in [0, 0.1) is 5.92 Å². The highest BCUT2D eigenvalue weighted by Gasteiger charge is 2.16. The van der Waals surface area contributed by atoms with Crippen LogP contribution in [0.4, 0.5) is 0 Å². The molecule has 1 heterocycles. The van der Waals surface area contributed by atoms with Crippen molar-refractivity contribution in [2.24, 2.45) is 5.92 Å². The molecule has 2 N–H and O–H groups in total. The molecule has 0 aromatic rings. The molecule has 1 aliphatic rings. The average Bonchev–Trinajstić information content (AvgIpc) is 2.35. The standard InChI is InChI=1S/C13H27N3O2.ClH/c1-16(10-12-4-7-14-8-5-12)11-13(17)15-6-3-9-18-2;/h12,14H,3-11H2,1-2H3,(H,15,17);1H. The third-order valence-corrected chi connectivity index (χ3v) is 3.29. The van der Waals surface area contributed by atoms with Gasteiger partial charge < -0.3 is 15.4 Å². The molecule has 1 amide bonds. The smallest absolute Gasteiger partial charge is 0.234 e. The summed E-state index contributed by atoms with van der Waals surface area (Å²) in [7, 11) is 3.70. The number of halogens is 1. The summed E-state index contributed by atoms with van der Waals surface area (Å²) in [6.45, 7) is 5.15. The van der Waals surface area contributed by atoms with Gasteiger partial charge in [0.25, 0.3) is 0 Å². The Morgan fingerprint density at radius 3 is 2.74 bits per heavy atom. The first-order chi connectivity index (χ1) is 8.72. The second-order valence-electron chi connectivity index (χ2n) is 5.09. The molecule has 5 nitrogen and oxygen atoms in total. The molecule has 0 aromatic carbocycles. The fraction of sp³-hybridized carbons (Fsp3) is 0.923. The summed E-state index contributed by atoms with van der Waals surface area (Å²) < 4.78 is 4.94. The summed E-state index contributed by atoms with van der Waals surface area (Å²) in [4.78, 5) is 13.8. The second-order valence-corrected chi connectivity index (χ2v) is 5.09. The Morgan fingerprint density at radius 1 is 1.42 bits per heavy atom. The van der Waals surface area contributed by atoms with Crippen molar-refractivity contribution in [2.45, 2.75) is 19.3 Å². The largest absolute Gasteiger partial charge is 0.385 e. The van der Waals surface area contributed by atoms with Crippen molar-refractivity contribution in [2.75, 3.05) is 53.5 Å². The molecule has 0 spiro atoms. The Hall–Kier alpha value is -0.360. The van der Waals surface area contributed by atoms with Gasteiger partial charge in [0.2, 0.25) is 5.91 Å². The number of nitrogens with zero attached hydrogens (tertiary/aromatic N) is 1. The monoisotopic (exact) mass is 293 g/mol. The third kappa shape index (κ3) is 9.21. The summed E-state index contributed by atoms with van der Waals surface area (Å²) in [5.74, 6) is 0.847. The average molecular weight is 294 g/mol. The molecular formula is C13H28ClN3O2. The number of ether oxygens (including phenoxy) is 1. The lowest BCUT2D eigenvalue weighted by atomic mass is 9.98. The topological polar surface area (TPSA) is 53.6 Å². The summed E-state index contributed by atoms with van der Waals surface area (Å²) in [6, 6.07) is 0. The van der Waals surface area contributed by atoms with Crippen LogP contribution in [0.15, 0.2) is 0 Å². The van der Waals surface area contributed by atoms with E-state index in [1.165, 1.54) is 12.8 Å². The molecule has 0 bridgehead atoms. The van der Waals surface area contributed by atoms with Gasteiger partial charge in [-0.15, -0.1) is 12.4 Å². The van der Waals surface area contributed by atoms with Crippen LogP contribution in [0.3, 0.4) is 0 Å². The van der Waals surface area contributed by atoms with E-state index in [-0.39, 0.29) is 18.3 Å². The molecule has 114 valence electrons. The van der Waals surface area contributed by atoms with Gasteiger partial charge >= 0.3 is 0 Å². The van der Waals surface area contributed by atoms with Crippen molar-refractivity contribution in [1.82, 2.24) is 15.5 Å². The summed E-state index contributed by atoms with van der Waals surface area (Å²) in [5.41, 5.74) is 0. The summed E-state index contributed by atoms with van der Waals surface area (Å²) in [6.07, 6.45) is 3.32. The van der Waals surface area contributed by atoms with Crippen molar-refractivity contribution in [3.63, 3.8) is 0 Å². The molecule has 0 aromatic heterocycles. The zero-order chi connectivity index (χ0) is 13.2. The quantitative estimate of drug-likeness (QED) is 0.640. The van der Waals surface area contributed by atoms with E-state index in [9.17, 15) is 4.79 Å². The highest BCUT2D eigenvalue weighted by molar-refractivity contribution is 5.85. The Bertz CT molecular complexity index is 236. The van der Waals surface area contributed by atoms with E-state index < -0.39 is 0 Å². The summed E-state index contributed by atoms with van der Waals surface area (Å²) in [5, 5.41) is 6.27. The Kier molecular flexibility index (Phi) is 11.2. The zero-order valence-electron chi connectivity index (χ0n) is 12.1. The fourth-order valence-corrected chi connectivity index (χ4v) is 2.31. The van der Waals surface area contributed by atoms with E-state index in [1.54, 1.807) is 7.11 Å². The molecule has 6 heteroatoms. The normalized spacial score (nSPS) is 16.2. The molecule has 0 unspecified atom stereocenters. The number of likely N-dealkylation sites (N-methyl/N-ethyl adjacent to an activating group) is 1. The van der Waals surface area contributed by atoms with E-state index in [0.29, 0.717) is 19.7 Å². The lowest BCUT2D eigenvalue weighted by Gasteiger charge is -2.27. The van der Waals surface area contributed by atoms with Crippen molar-refractivity contribution in [3.8, 4) is 0 Å². The van der Waals surface area contributed by atoms with E-state index >= 15 is 0 Å². The Morgan fingerprint density at radius 2 is 2.11 bits per heavy atom. The number of carbonyl (C=O) groups excluding carboxylic acids is 1. The molecule has 0 aliphatic carbocycles. The van der Waals surface area contributed by atoms with Gasteiger partial charge in [-0.1, -0.05) is 0 Å². The number of nitrogens with one attached hydrogen (secondary N) is 2. The number of hydrogen-bond acceptors (Lipinski definition) is 4. The molecule has 1 fully saturated rings. The van der Waals surface area contributed by atoms with Gasteiger partial charge in [0.05, 0.1) is 6.54 Å². The van der Waals surface area contributed by atoms with Crippen LogP contribution in [0.25, 0.3) is 0 Å². The van der Waals surface area contributed by atoms with Gasteiger partial charge in [0.1, 0.15) is 0 Å². The third-order valence-electron chi connectivity index (χ3n) is 3.29. The van der Waals surface area contributed by atoms with Crippen LogP contribution < -0.4 is 10.6 Å². The van der Waals surface area contributed by atoms with Gasteiger partial charge in [-0.2, -0.15) is 0 Å². The van der Waals surface area contributed by atoms with Crippen LogP contribution in [-0.2, 0) is 9.53 Å². The van der Waals surface area contributed by atoms with Crippen LogP contribution >= 0.6 is 12.4 Å². The van der Waals surface area contributed by atoms with Crippen LogP contribution in [-0.4, -0.2) is 64.3 Å². The highest BCUT2D eigenvalue weighted by Crippen LogP contribution is 2.12. The maximum absolute atomic E-state index is 11.7. The lowest BCUT2D eigenvalue weighted by molar-refractivity contribution is -0.122. The summed E-state index contributed by atoms with van der Waals surface area (Å²) >= 11 is 0. The SMILES string of the molecule is COCCCNC(=O)CN(C)CC1CCNCC1.Cl. The van der Waals surface area contributed by atoms with Crippen molar-refractivity contribution in [3.05, 3.63) is 0 Å². The number of amides is 1. The van der Waals surface area contributed by atoms with E-state index in [0.717, 1.165) is 32.0 Å². The minimum Gasteiger partial charge on any atom is -0.385 e. The number of piperidine rings is 1. The molecule has 0 radical (unpaired) electrons. The molecular weight excluding hydrogens is 266 g/mol. The number of rotatable bonds is 8. The van der Waals surface area contributed by atoms with Crippen molar-refractivity contribution in [1.29, 1.82) is 0 Å². The highest BCUT2D eigenvalue weighted by atomic mass is 35.5. The predicted molar refractivity (Wildman–Crippen MR) is 79.8 cm³/mol. The first-order valence-corrected chi connectivity index (χ1v) is 6.87. The maximum Gasteiger partial charge on any atom is 0.234 e. The predicted octanol–water partition coefficient (Wildman–Crippen LogP) is 0.492. The Balaban J connectivity index is 0.00000324. The van der Waals surface area contributed by atoms with Crippen LogP contribution in [0.2, 0.25) is 0 Å². The molecule has 0 atom stereocenters. The number of hydrogen-bond donors (Lipinski definition) is 2. The van der Waals surface area contributed by atoms with E-state index in [4.69, 9.17) is 4.74 Å². The minimum absolute atomic E-state index is 0. The van der Waals surface area contributed by atoms with Gasteiger partial charge in [0.15, 0.2) is 0 Å². The van der Waals surface area contributed by atoms with Crippen LogP contribution in [0.1, 0.15) is 19.3 Å². The lowest BCUT2D eigenvalue weighted by Crippen LogP contribution is -2.40.